The molecule has 1 N–H and O–H groups in total. The lowest BCUT2D eigenvalue weighted by molar-refractivity contribution is -0.000269. The van der Waals surface area contributed by atoms with Crippen molar-refractivity contribution in [1.29, 1.82) is 0 Å². The van der Waals surface area contributed by atoms with Gasteiger partial charge >= 0.3 is 0 Å². The highest BCUT2D eigenvalue weighted by Crippen LogP contribution is 2.34. The monoisotopic (exact) mass is 197 g/mol. The first-order valence-corrected chi connectivity index (χ1v) is 5.93. The second kappa shape index (κ2) is 3.80. The zero-order valence-electron chi connectivity index (χ0n) is 8.58. The predicted molar refractivity (Wildman–Crippen MR) is 52.7 cm³/mol. The van der Waals surface area contributed by atoms with Crippen LogP contribution in [0.3, 0.4) is 0 Å². The number of hydroxylamine groups is 1. The molecule has 3 nitrogen and oxygen atoms in total. The summed E-state index contributed by atoms with van der Waals surface area (Å²) in [4.78, 5) is 5.10. The highest BCUT2D eigenvalue weighted by atomic mass is 16.7. The molecule has 0 aromatic carbocycles. The number of hydrogen-bond donors (Lipinski definition) is 1. The molecule has 80 valence electrons. The molecule has 0 amide bonds. The molecule has 0 unspecified atom stereocenters. The number of nitrogens with one attached hydrogen (secondary N) is 1. The lowest BCUT2D eigenvalue weighted by Gasteiger charge is -2.08. The van der Waals surface area contributed by atoms with Gasteiger partial charge in [-0.05, 0) is 44.4 Å². The van der Waals surface area contributed by atoms with E-state index in [1.807, 2.05) is 0 Å². The number of hydrogen-bond acceptors (Lipinski definition) is 3. The van der Waals surface area contributed by atoms with Crippen LogP contribution in [0.5, 0.6) is 0 Å². The van der Waals surface area contributed by atoms with Crippen molar-refractivity contribution in [2.24, 2.45) is 5.92 Å². The van der Waals surface area contributed by atoms with E-state index in [0.717, 1.165) is 12.5 Å². The maximum absolute atomic E-state index is 5.35. The van der Waals surface area contributed by atoms with Crippen LogP contribution in [-0.2, 0) is 9.57 Å². The molecule has 0 spiro atoms. The number of fused-ring (bicyclic) bond motifs is 4. The van der Waals surface area contributed by atoms with E-state index >= 15 is 0 Å². The molecule has 2 aliphatic carbocycles. The average Bonchev–Trinajstić information content (AvgIpc) is 3.01. The van der Waals surface area contributed by atoms with Crippen molar-refractivity contribution in [2.75, 3.05) is 6.61 Å². The lowest BCUT2D eigenvalue weighted by atomic mass is 10.1. The van der Waals surface area contributed by atoms with E-state index < -0.39 is 0 Å². The molecule has 0 aromatic heterocycles. The Morgan fingerprint density at radius 1 is 0.929 bits per heavy atom. The van der Waals surface area contributed by atoms with Crippen molar-refractivity contribution in [3.63, 3.8) is 0 Å². The summed E-state index contributed by atoms with van der Waals surface area (Å²) in [6, 6.07) is 0.699. The van der Waals surface area contributed by atoms with E-state index in [-0.39, 0.29) is 0 Å². The van der Waals surface area contributed by atoms with Crippen molar-refractivity contribution in [3.05, 3.63) is 0 Å². The van der Waals surface area contributed by atoms with Gasteiger partial charge < -0.3 is 4.74 Å². The summed E-state index contributed by atoms with van der Waals surface area (Å²) >= 11 is 0. The Bertz CT molecular complexity index is 151. The number of rotatable bonds is 0. The first kappa shape index (κ1) is 9.13. The van der Waals surface area contributed by atoms with E-state index in [1.54, 1.807) is 0 Å². The molecule has 4 atom stereocenters. The predicted octanol–water partition coefficient (Wildman–Crippen LogP) is 1.63. The summed E-state index contributed by atoms with van der Waals surface area (Å²) in [5.41, 5.74) is 2.96. The van der Waals surface area contributed by atoms with Crippen LogP contribution in [0.25, 0.3) is 0 Å². The third-order valence-corrected chi connectivity index (χ3v) is 3.85. The zero-order chi connectivity index (χ0) is 9.38. The highest BCUT2D eigenvalue weighted by molar-refractivity contribution is 4.83. The Hall–Kier alpha value is -0.120. The minimum Gasteiger partial charge on any atom is -0.378 e. The van der Waals surface area contributed by atoms with Gasteiger partial charge in [0.25, 0.3) is 0 Å². The molecule has 2 heterocycles. The molecular weight excluding hydrogens is 178 g/mol. The summed E-state index contributed by atoms with van der Waals surface area (Å²) in [5.74, 6) is 0.949. The Kier molecular flexibility index (Phi) is 2.48. The molecule has 2 saturated carbocycles. The summed E-state index contributed by atoms with van der Waals surface area (Å²) in [5, 5.41) is 0. The second-order valence-corrected chi connectivity index (χ2v) is 5.00. The number of ether oxygens (including phenoxy) is 1. The van der Waals surface area contributed by atoms with Crippen molar-refractivity contribution < 1.29 is 9.57 Å². The van der Waals surface area contributed by atoms with Gasteiger partial charge in [0.1, 0.15) is 0 Å². The molecule has 4 rings (SSSR count). The Labute approximate surface area is 85.1 Å². The molecule has 0 aromatic rings. The van der Waals surface area contributed by atoms with Crippen LogP contribution < -0.4 is 5.48 Å². The summed E-state index contributed by atoms with van der Waals surface area (Å²) in [7, 11) is 0. The van der Waals surface area contributed by atoms with Crippen LogP contribution in [-0.4, -0.2) is 24.9 Å². The molecule has 14 heavy (non-hydrogen) atoms. The SMILES string of the molecule is C1C[C@@H]2C[C@H]1CO2.C1C[C@@H]2C[C@H]1NO2. The van der Waals surface area contributed by atoms with Crippen molar-refractivity contribution in [1.82, 2.24) is 5.48 Å². The topological polar surface area (TPSA) is 30.5 Å². The summed E-state index contributed by atoms with van der Waals surface area (Å²) in [6.45, 7) is 1.06. The van der Waals surface area contributed by atoms with Gasteiger partial charge in [-0.25, -0.2) is 0 Å². The van der Waals surface area contributed by atoms with Gasteiger partial charge in [0.15, 0.2) is 0 Å². The highest BCUT2D eigenvalue weighted by Gasteiger charge is 2.32. The largest absolute Gasteiger partial charge is 0.378 e. The van der Waals surface area contributed by atoms with Gasteiger partial charge in [-0.3, -0.25) is 4.84 Å². The van der Waals surface area contributed by atoms with Crippen molar-refractivity contribution >= 4 is 0 Å². The first-order valence-electron chi connectivity index (χ1n) is 5.93. The van der Waals surface area contributed by atoms with Crippen LogP contribution in [0.4, 0.5) is 0 Å². The molecule has 2 aliphatic heterocycles. The van der Waals surface area contributed by atoms with Gasteiger partial charge in [-0.1, -0.05) is 0 Å². The average molecular weight is 197 g/mol. The molecule has 0 radical (unpaired) electrons. The van der Waals surface area contributed by atoms with Gasteiger partial charge in [-0.15, -0.1) is 0 Å². The van der Waals surface area contributed by atoms with Crippen LogP contribution in [0, 0.1) is 5.92 Å². The van der Waals surface area contributed by atoms with Crippen LogP contribution in [0.1, 0.15) is 38.5 Å². The maximum atomic E-state index is 5.35. The summed E-state index contributed by atoms with van der Waals surface area (Å²) in [6.07, 6.45) is 9.22. The van der Waals surface area contributed by atoms with Gasteiger partial charge in [0.05, 0.1) is 12.2 Å². The minimum atomic E-state index is 0.560. The lowest BCUT2D eigenvalue weighted by Crippen LogP contribution is -2.22. The van der Waals surface area contributed by atoms with Crippen LogP contribution in [0.15, 0.2) is 0 Å². The Morgan fingerprint density at radius 2 is 1.86 bits per heavy atom. The van der Waals surface area contributed by atoms with E-state index in [9.17, 15) is 0 Å². The normalized spacial score (nSPS) is 48.0. The fourth-order valence-corrected chi connectivity index (χ4v) is 2.95. The fraction of sp³-hybridized carbons (Fsp3) is 1.00. The Morgan fingerprint density at radius 3 is 2.00 bits per heavy atom. The van der Waals surface area contributed by atoms with E-state index in [2.05, 4.69) is 5.48 Å². The molecular formula is C11H19NO2. The fourth-order valence-electron chi connectivity index (χ4n) is 2.95. The molecule has 2 saturated heterocycles. The van der Waals surface area contributed by atoms with Crippen molar-refractivity contribution in [2.45, 2.75) is 56.8 Å². The van der Waals surface area contributed by atoms with Gasteiger partial charge in [-0.2, -0.15) is 5.48 Å². The molecule has 4 aliphatic rings. The van der Waals surface area contributed by atoms with Crippen LogP contribution in [0.2, 0.25) is 0 Å². The zero-order valence-corrected chi connectivity index (χ0v) is 8.58. The first-order chi connectivity index (χ1) is 6.90. The molecule has 4 bridgehead atoms. The maximum Gasteiger partial charge on any atom is 0.0806 e. The van der Waals surface area contributed by atoms with Crippen molar-refractivity contribution in [3.8, 4) is 0 Å². The third-order valence-electron chi connectivity index (χ3n) is 3.85. The molecule has 4 fully saturated rings. The van der Waals surface area contributed by atoms with E-state index in [1.165, 1.54) is 38.5 Å². The van der Waals surface area contributed by atoms with E-state index in [0.29, 0.717) is 18.2 Å². The third kappa shape index (κ3) is 1.81. The molecule has 3 heteroatoms. The standard InChI is InChI=1S/C6H10O.C5H9NO/c1-2-6-3-5(1)4-7-6;1-2-5-3-4(1)6-7-5/h5-6H,1-4H2;4-6H,1-3H2/t5-,6+;4-,5+/m00/s1. The van der Waals surface area contributed by atoms with Gasteiger partial charge in [0.2, 0.25) is 0 Å². The second-order valence-electron chi connectivity index (χ2n) is 5.00. The van der Waals surface area contributed by atoms with E-state index in [4.69, 9.17) is 9.57 Å². The minimum absolute atomic E-state index is 0.560. The summed E-state index contributed by atoms with van der Waals surface area (Å²) < 4.78 is 5.35. The van der Waals surface area contributed by atoms with Crippen LogP contribution >= 0.6 is 0 Å². The van der Waals surface area contributed by atoms with Gasteiger partial charge in [0, 0.05) is 12.6 Å². The quantitative estimate of drug-likeness (QED) is 0.640. The smallest absolute Gasteiger partial charge is 0.0806 e. The Balaban J connectivity index is 0.0000000914.